The quantitative estimate of drug-likeness (QED) is 0.654. The van der Waals surface area contributed by atoms with Gasteiger partial charge in [-0.25, -0.2) is 4.39 Å². The molecule has 1 heterocycles. The van der Waals surface area contributed by atoms with Gasteiger partial charge in [0.15, 0.2) is 0 Å². The van der Waals surface area contributed by atoms with E-state index in [0.717, 1.165) is 24.0 Å². The molecule has 1 aromatic carbocycles. The number of nitro benzene ring substituents is 1. The predicted molar refractivity (Wildman–Crippen MR) is 78.7 cm³/mol. The zero-order valence-electron chi connectivity index (χ0n) is 11.7. The van der Waals surface area contributed by atoms with Crippen LogP contribution < -0.4 is 5.32 Å². The number of nitrogens with one attached hydrogen (secondary N) is 1. The SMILES string of the molecule is CCNC(CC)c1nnc(-c2cc(F)cc([N+](=O)[O-])c2)s1. The Morgan fingerprint density at radius 3 is 2.76 bits per heavy atom. The maximum Gasteiger partial charge on any atom is 0.273 e. The lowest BCUT2D eigenvalue weighted by Crippen LogP contribution is -2.19. The van der Waals surface area contributed by atoms with Crippen LogP contribution in [0.2, 0.25) is 0 Å². The molecule has 112 valence electrons. The Kier molecular flexibility index (Phi) is 4.92. The number of hydrogen-bond acceptors (Lipinski definition) is 6. The summed E-state index contributed by atoms with van der Waals surface area (Å²) in [6, 6.07) is 3.51. The summed E-state index contributed by atoms with van der Waals surface area (Å²) >= 11 is 1.31. The van der Waals surface area contributed by atoms with Crippen LogP contribution in [0.25, 0.3) is 10.6 Å². The van der Waals surface area contributed by atoms with E-state index >= 15 is 0 Å². The summed E-state index contributed by atoms with van der Waals surface area (Å²) in [5.74, 6) is -0.658. The van der Waals surface area contributed by atoms with Gasteiger partial charge in [0.25, 0.3) is 5.69 Å². The van der Waals surface area contributed by atoms with Gasteiger partial charge >= 0.3 is 0 Å². The summed E-state index contributed by atoms with van der Waals surface area (Å²) in [6.45, 7) is 4.83. The van der Waals surface area contributed by atoms with E-state index in [1.165, 1.54) is 23.5 Å². The summed E-state index contributed by atoms with van der Waals surface area (Å²) in [4.78, 5) is 10.2. The van der Waals surface area contributed by atoms with Crippen LogP contribution >= 0.6 is 11.3 Å². The predicted octanol–water partition coefficient (Wildman–Crippen LogP) is 3.31. The molecule has 0 aliphatic rings. The molecular weight excluding hydrogens is 295 g/mol. The third kappa shape index (κ3) is 3.59. The standard InChI is InChI=1S/C13H15FN4O2S/c1-3-11(15-4-2)13-17-16-12(21-13)8-5-9(14)7-10(6-8)18(19)20/h5-7,11,15H,3-4H2,1-2H3. The molecule has 2 aromatic rings. The molecule has 8 heteroatoms. The average molecular weight is 310 g/mol. The highest BCUT2D eigenvalue weighted by atomic mass is 32.1. The minimum atomic E-state index is -0.658. The van der Waals surface area contributed by atoms with Crippen molar-refractivity contribution in [2.24, 2.45) is 0 Å². The summed E-state index contributed by atoms with van der Waals surface area (Å²) in [5.41, 5.74) is 0.0808. The zero-order valence-corrected chi connectivity index (χ0v) is 12.5. The molecule has 0 aliphatic heterocycles. The van der Waals surface area contributed by atoms with Crippen molar-refractivity contribution < 1.29 is 9.31 Å². The maximum atomic E-state index is 13.5. The van der Waals surface area contributed by atoms with Crippen molar-refractivity contribution in [3.63, 3.8) is 0 Å². The summed E-state index contributed by atoms with van der Waals surface area (Å²) < 4.78 is 13.5. The van der Waals surface area contributed by atoms with Gasteiger partial charge in [-0.05, 0) is 19.0 Å². The molecule has 1 atom stereocenters. The molecule has 1 N–H and O–H groups in total. The third-order valence-electron chi connectivity index (χ3n) is 2.94. The normalized spacial score (nSPS) is 12.3. The fraction of sp³-hybridized carbons (Fsp3) is 0.385. The van der Waals surface area contributed by atoms with Gasteiger partial charge in [0.1, 0.15) is 15.8 Å². The number of aromatic nitrogens is 2. The topological polar surface area (TPSA) is 81.0 Å². The second-order valence-corrected chi connectivity index (χ2v) is 5.43. The number of halogens is 1. The van der Waals surface area contributed by atoms with Crippen molar-refractivity contribution in [1.29, 1.82) is 0 Å². The second kappa shape index (κ2) is 6.68. The van der Waals surface area contributed by atoms with Crippen LogP contribution in [0.15, 0.2) is 18.2 Å². The molecule has 0 saturated heterocycles. The van der Waals surface area contributed by atoms with E-state index in [1.54, 1.807) is 0 Å². The Hall–Kier alpha value is -1.93. The highest BCUT2D eigenvalue weighted by molar-refractivity contribution is 7.14. The van der Waals surface area contributed by atoms with Crippen LogP contribution in [0.1, 0.15) is 31.3 Å². The van der Waals surface area contributed by atoms with E-state index < -0.39 is 10.7 Å². The molecule has 0 amide bonds. The Morgan fingerprint density at radius 2 is 2.14 bits per heavy atom. The van der Waals surface area contributed by atoms with E-state index in [1.807, 2.05) is 13.8 Å². The Balaban J connectivity index is 2.35. The van der Waals surface area contributed by atoms with E-state index in [2.05, 4.69) is 15.5 Å². The van der Waals surface area contributed by atoms with Crippen LogP contribution in [-0.2, 0) is 0 Å². The smallest absolute Gasteiger partial charge is 0.273 e. The highest BCUT2D eigenvalue weighted by Gasteiger charge is 2.17. The summed E-state index contributed by atoms with van der Waals surface area (Å²) in [5, 5.41) is 23.4. The first-order valence-electron chi connectivity index (χ1n) is 6.57. The average Bonchev–Trinajstić information content (AvgIpc) is 2.93. The van der Waals surface area contributed by atoms with Crippen molar-refractivity contribution in [3.05, 3.63) is 39.1 Å². The van der Waals surface area contributed by atoms with E-state index in [9.17, 15) is 14.5 Å². The highest BCUT2D eigenvalue weighted by Crippen LogP contribution is 2.30. The maximum absolute atomic E-state index is 13.5. The molecule has 21 heavy (non-hydrogen) atoms. The summed E-state index contributed by atoms with van der Waals surface area (Å²) in [7, 11) is 0. The van der Waals surface area contributed by atoms with E-state index in [-0.39, 0.29) is 11.7 Å². The number of nitro groups is 1. The zero-order chi connectivity index (χ0) is 15.4. The molecule has 0 saturated carbocycles. The lowest BCUT2D eigenvalue weighted by Gasteiger charge is -2.10. The largest absolute Gasteiger partial charge is 0.308 e. The Bertz CT molecular complexity index is 647. The van der Waals surface area contributed by atoms with Gasteiger partial charge in [-0.2, -0.15) is 0 Å². The first-order valence-corrected chi connectivity index (χ1v) is 7.39. The molecule has 0 aliphatic carbocycles. The first kappa shape index (κ1) is 15.5. The van der Waals surface area contributed by atoms with Crippen LogP contribution in [0, 0.1) is 15.9 Å². The second-order valence-electron chi connectivity index (χ2n) is 4.42. The molecular formula is C13H15FN4O2S. The molecule has 1 unspecified atom stereocenters. The lowest BCUT2D eigenvalue weighted by molar-refractivity contribution is -0.385. The monoisotopic (exact) mass is 310 g/mol. The van der Waals surface area contributed by atoms with Crippen molar-refractivity contribution in [3.8, 4) is 10.6 Å². The van der Waals surface area contributed by atoms with Crippen LogP contribution in [0.5, 0.6) is 0 Å². The van der Waals surface area contributed by atoms with E-state index in [0.29, 0.717) is 10.6 Å². The summed E-state index contributed by atoms with van der Waals surface area (Å²) in [6.07, 6.45) is 0.853. The number of nitrogens with zero attached hydrogens (tertiary/aromatic N) is 3. The molecule has 0 radical (unpaired) electrons. The Morgan fingerprint density at radius 1 is 1.38 bits per heavy atom. The van der Waals surface area contributed by atoms with Crippen molar-refractivity contribution in [2.45, 2.75) is 26.3 Å². The van der Waals surface area contributed by atoms with Crippen LogP contribution in [0.3, 0.4) is 0 Å². The van der Waals surface area contributed by atoms with Gasteiger partial charge in [-0.1, -0.05) is 25.2 Å². The minimum Gasteiger partial charge on any atom is -0.308 e. The van der Waals surface area contributed by atoms with Gasteiger partial charge in [0, 0.05) is 11.6 Å². The molecule has 2 rings (SSSR count). The first-order chi connectivity index (χ1) is 10.0. The number of benzene rings is 1. The van der Waals surface area contributed by atoms with Gasteiger partial charge < -0.3 is 5.32 Å². The van der Waals surface area contributed by atoms with Crippen molar-refractivity contribution >= 4 is 17.0 Å². The fourth-order valence-electron chi connectivity index (χ4n) is 1.95. The van der Waals surface area contributed by atoms with Crippen LogP contribution in [-0.4, -0.2) is 21.7 Å². The van der Waals surface area contributed by atoms with Gasteiger partial charge in [-0.3, -0.25) is 10.1 Å². The van der Waals surface area contributed by atoms with Crippen molar-refractivity contribution in [1.82, 2.24) is 15.5 Å². The van der Waals surface area contributed by atoms with Gasteiger partial charge in [0.05, 0.1) is 17.0 Å². The molecule has 0 spiro atoms. The van der Waals surface area contributed by atoms with Crippen molar-refractivity contribution in [2.75, 3.05) is 6.54 Å². The molecule has 6 nitrogen and oxygen atoms in total. The van der Waals surface area contributed by atoms with Gasteiger partial charge in [0.2, 0.25) is 0 Å². The number of hydrogen-bond donors (Lipinski definition) is 1. The molecule has 0 fully saturated rings. The van der Waals surface area contributed by atoms with Gasteiger partial charge in [-0.15, -0.1) is 10.2 Å². The minimum absolute atomic E-state index is 0.0878. The third-order valence-corrected chi connectivity index (χ3v) is 4.02. The lowest BCUT2D eigenvalue weighted by atomic mass is 10.2. The molecule has 1 aromatic heterocycles. The fourth-order valence-corrected chi connectivity index (χ4v) is 2.94. The van der Waals surface area contributed by atoms with E-state index in [4.69, 9.17) is 0 Å². The Labute approximate surface area is 125 Å². The number of rotatable bonds is 6. The molecule has 0 bridgehead atoms. The van der Waals surface area contributed by atoms with Crippen LogP contribution in [0.4, 0.5) is 10.1 Å². The number of non-ortho nitro benzene ring substituents is 1.